The molecule has 2 aromatic carbocycles. The number of hydrazine groups is 1. The standard InChI is InChI=1S/C22H22N4O5S/c27-18-10-4-2-8-16(18)20(29)25-24-19(28)13-32-22-23-17-9-3-1-7-15(17)21(30)26(22)12-14-6-5-11-31-14/h1-4,7-10,14,27H,5-6,11-13H2,(H,24,28)(H,25,29)/t14-/m1/s1. The first-order chi connectivity index (χ1) is 15.5. The Morgan fingerprint density at radius 1 is 1.16 bits per heavy atom. The van der Waals surface area contributed by atoms with Gasteiger partial charge in [-0.25, -0.2) is 4.98 Å². The van der Waals surface area contributed by atoms with Crippen LogP contribution in [-0.4, -0.2) is 44.9 Å². The van der Waals surface area contributed by atoms with E-state index in [-0.39, 0.29) is 28.7 Å². The summed E-state index contributed by atoms with van der Waals surface area (Å²) in [5.41, 5.74) is 5.00. The highest BCUT2D eigenvalue weighted by atomic mass is 32.2. The molecule has 166 valence electrons. The Kier molecular flexibility index (Phi) is 6.72. The van der Waals surface area contributed by atoms with Crippen molar-refractivity contribution >= 4 is 34.5 Å². The summed E-state index contributed by atoms with van der Waals surface area (Å²) in [4.78, 5) is 42.0. The molecule has 3 aromatic rings. The molecule has 10 heteroatoms. The number of para-hydroxylation sites is 2. The lowest BCUT2D eigenvalue weighted by molar-refractivity contribution is -0.119. The normalized spacial score (nSPS) is 15.6. The molecule has 1 saturated heterocycles. The van der Waals surface area contributed by atoms with Crippen molar-refractivity contribution in [3.8, 4) is 5.75 Å². The zero-order valence-electron chi connectivity index (χ0n) is 17.1. The van der Waals surface area contributed by atoms with E-state index in [1.807, 2.05) is 0 Å². The lowest BCUT2D eigenvalue weighted by atomic mass is 10.2. The Labute approximate surface area is 187 Å². The van der Waals surface area contributed by atoms with Gasteiger partial charge in [-0.2, -0.15) is 0 Å². The van der Waals surface area contributed by atoms with Gasteiger partial charge < -0.3 is 9.84 Å². The van der Waals surface area contributed by atoms with Crippen molar-refractivity contribution < 1.29 is 19.4 Å². The second kappa shape index (κ2) is 9.84. The van der Waals surface area contributed by atoms with Crippen molar-refractivity contribution in [1.29, 1.82) is 0 Å². The smallest absolute Gasteiger partial charge is 0.273 e. The van der Waals surface area contributed by atoms with Gasteiger partial charge in [0.2, 0.25) is 5.91 Å². The topological polar surface area (TPSA) is 123 Å². The van der Waals surface area contributed by atoms with Crippen LogP contribution in [0.1, 0.15) is 23.2 Å². The number of phenols is 1. The first kappa shape index (κ1) is 21.8. The Hall–Kier alpha value is -3.37. The fourth-order valence-electron chi connectivity index (χ4n) is 3.44. The minimum absolute atomic E-state index is 0.0436. The van der Waals surface area contributed by atoms with Crippen LogP contribution in [0, 0.1) is 0 Å². The maximum absolute atomic E-state index is 13.1. The van der Waals surface area contributed by atoms with E-state index in [0.29, 0.717) is 29.2 Å². The largest absolute Gasteiger partial charge is 0.507 e. The quantitative estimate of drug-likeness (QED) is 0.295. The number of nitrogens with zero attached hydrogens (tertiary/aromatic N) is 2. The third kappa shape index (κ3) is 4.92. The maximum atomic E-state index is 13.1. The summed E-state index contributed by atoms with van der Waals surface area (Å²) < 4.78 is 7.23. The number of benzene rings is 2. The van der Waals surface area contributed by atoms with Gasteiger partial charge in [-0.3, -0.25) is 29.8 Å². The minimum Gasteiger partial charge on any atom is -0.507 e. The van der Waals surface area contributed by atoms with Crippen LogP contribution in [0.5, 0.6) is 5.75 Å². The number of ether oxygens (including phenoxy) is 1. The van der Waals surface area contributed by atoms with Crippen LogP contribution >= 0.6 is 11.8 Å². The van der Waals surface area contributed by atoms with Gasteiger partial charge in [0, 0.05) is 6.61 Å². The van der Waals surface area contributed by atoms with Crippen molar-refractivity contribution in [2.75, 3.05) is 12.4 Å². The molecule has 0 saturated carbocycles. The average molecular weight is 455 g/mol. The lowest BCUT2D eigenvalue weighted by Gasteiger charge is -2.16. The van der Waals surface area contributed by atoms with Gasteiger partial charge in [0.1, 0.15) is 5.75 Å². The van der Waals surface area contributed by atoms with E-state index in [0.717, 1.165) is 24.6 Å². The lowest BCUT2D eigenvalue weighted by Crippen LogP contribution is -2.42. The molecule has 32 heavy (non-hydrogen) atoms. The monoisotopic (exact) mass is 454 g/mol. The number of aromatic hydroxyl groups is 1. The van der Waals surface area contributed by atoms with Crippen molar-refractivity contribution in [2.24, 2.45) is 0 Å². The van der Waals surface area contributed by atoms with Gasteiger partial charge in [0.15, 0.2) is 5.16 Å². The molecule has 2 amide bonds. The van der Waals surface area contributed by atoms with Crippen LogP contribution in [0.4, 0.5) is 0 Å². The Morgan fingerprint density at radius 3 is 2.72 bits per heavy atom. The highest BCUT2D eigenvalue weighted by Crippen LogP contribution is 2.21. The number of amides is 2. The van der Waals surface area contributed by atoms with Gasteiger partial charge in [-0.1, -0.05) is 36.0 Å². The van der Waals surface area contributed by atoms with Crippen LogP contribution < -0.4 is 16.4 Å². The third-order valence-corrected chi connectivity index (χ3v) is 6.01. The molecule has 1 atom stereocenters. The molecule has 2 heterocycles. The van der Waals surface area contributed by atoms with E-state index in [9.17, 15) is 19.5 Å². The van der Waals surface area contributed by atoms with Gasteiger partial charge in [0.25, 0.3) is 11.5 Å². The summed E-state index contributed by atoms with van der Waals surface area (Å²) >= 11 is 1.10. The molecule has 0 unspecified atom stereocenters. The molecule has 0 bridgehead atoms. The van der Waals surface area contributed by atoms with Crippen molar-refractivity contribution in [3.63, 3.8) is 0 Å². The summed E-state index contributed by atoms with van der Waals surface area (Å²) in [6, 6.07) is 13.1. The molecule has 0 radical (unpaired) electrons. The molecule has 1 aliphatic rings. The van der Waals surface area contributed by atoms with Gasteiger partial charge >= 0.3 is 0 Å². The SMILES string of the molecule is O=C(CSc1nc2ccccc2c(=O)n1C[C@H]1CCCO1)NNC(=O)c1ccccc1O. The van der Waals surface area contributed by atoms with E-state index in [2.05, 4.69) is 15.8 Å². The van der Waals surface area contributed by atoms with Crippen molar-refractivity contribution in [2.45, 2.75) is 30.6 Å². The van der Waals surface area contributed by atoms with Gasteiger partial charge in [0.05, 0.1) is 34.9 Å². The number of phenolic OH excluding ortho intramolecular Hbond substituents is 1. The van der Waals surface area contributed by atoms with Crippen LogP contribution in [0.3, 0.4) is 0 Å². The number of nitrogens with one attached hydrogen (secondary N) is 2. The number of carbonyl (C=O) groups excluding carboxylic acids is 2. The van der Waals surface area contributed by atoms with Gasteiger partial charge in [-0.15, -0.1) is 0 Å². The van der Waals surface area contributed by atoms with E-state index in [1.165, 1.54) is 12.1 Å². The number of rotatable bonds is 6. The molecular weight excluding hydrogens is 432 g/mol. The van der Waals surface area contributed by atoms with E-state index < -0.39 is 11.8 Å². The van der Waals surface area contributed by atoms with E-state index in [1.54, 1.807) is 41.0 Å². The Bertz CT molecular complexity index is 1210. The Balaban J connectivity index is 1.45. The first-order valence-corrected chi connectivity index (χ1v) is 11.1. The number of aromatic nitrogens is 2. The Morgan fingerprint density at radius 2 is 1.94 bits per heavy atom. The predicted molar refractivity (Wildman–Crippen MR) is 119 cm³/mol. The number of fused-ring (bicyclic) bond motifs is 1. The van der Waals surface area contributed by atoms with Crippen LogP contribution in [0.2, 0.25) is 0 Å². The first-order valence-electron chi connectivity index (χ1n) is 10.1. The van der Waals surface area contributed by atoms with Crippen molar-refractivity contribution in [1.82, 2.24) is 20.4 Å². The second-order valence-electron chi connectivity index (χ2n) is 7.27. The van der Waals surface area contributed by atoms with Crippen LogP contribution in [0.25, 0.3) is 10.9 Å². The van der Waals surface area contributed by atoms with E-state index >= 15 is 0 Å². The number of hydrogen-bond donors (Lipinski definition) is 3. The molecule has 3 N–H and O–H groups in total. The number of thioether (sulfide) groups is 1. The zero-order valence-corrected chi connectivity index (χ0v) is 17.9. The molecule has 1 fully saturated rings. The van der Waals surface area contributed by atoms with Crippen LogP contribution in [0.15, 0.2) is 58.5 Å². The number of hydrogen-bond acceptors (Lipinski definition) is 7. The molecule has 0 aliphatic carbocycles. The molecule has 0 spiro atoms. The molecule has 1 aromatic heterocycles. The molecule has 4 rings (SSSR count). The average Bonchev–Trinajstić information content (AvgIpc) is 3.32. The zero-order chi connectivity index (χ0) is 22.5. The molecule has 1 aliphatic heterocycles. The minimum atomic E-state index is -0.638. The number of carbonyl (C=O) groups is 2. The fraction of sp³-hybridized carbons (Fsp3) is 0.273. The molecular formula is C22H22N4O5S. The summed E-state index contributed by atoms with van der Waals surface area (Å²) in [6.07, 6.45) is 1.74. The summed E-state index contributed by atoms with van der Waals surface area (Å²) in [5.74, 6) is -1.38. The fourth-order valence-corrected chi connectivity index (χ4v) is 4.24. The summed E-state index contributed by atoms with van der Waals surface area (Å²) in [5, 5.41) is 10.6. The van der Waals surface area contributed by atoms with Gasteiger partial charge in [-0.05, 0) is 37.1 Å². The third-order valence-electron chi connectivity index (χ3n) is 5.03. The van der Waals surface area contributed by atoms with Crippen LogP contribution in [-0.2, 0) is 16.1 Å². The van der Waals surface area contributed by atoms with E-state index in [4.69, 9.17) is 4.74 Å². The summed E-state index contributed by atoms with van der Waals surface area (Å²) in [7, 11) is 0. The predicted octanol–water partition coefficient (Wildman–Crippen LogP) is 1.83. The van der Waals surface area contributed by atoms with Crippen molar-refractivity contribution in [3.05, 3.63) is 64.4 Å². The second-order valence-corrected chi connectivity index (χ2v) is 8.21. The molecule has 9 nitrogen and oxygen atoms in total. The highest BCUT2D eigenvalue weighted by molar-refractivity contribution is 7.99. The highest BCUT2D eigenvalue weighted by Gasteiger charge is 2.21. The summed E-state index contributed by atoms with van der Waals surface area (Å²) in [6.45, 7) is 1.03. The maximum Gasteiger partial charge on any atom is 0.273 e.